The van der Waals surface area contributed by atoms with Crippen LogP contribution in [-0.4, -0.2) is 18.2 Å². The Kier molecular flexibility index (Phi) is 4.03. The molecule has 1 aliphatic rings. The molecular formula is C16H19N3O2. The monoisotopic (exact) mass is 285 g/mol. The Balaban J connectivity index is 1.92. The summed E-state index contributed by atoms with van der Waals surface area (Å²) in [7, 11) is 0. The lowest BCUT2D eigenvalue weighted by atomic mass is 9.98. The number of hydrogen-bond donors (Lipinski definition) is 2. The summed E-state index contributed by atoms with van der Waals surface area (Å²) in [4.78, 5) is 4.22. The van der Waals surface area contributed by atoms with Crippen molar-refractivity contribution in [3.05, 3.63) is 53.3 Å². The summed E-state index contributed by atoms with van der Waals surface area (Å²) in [6.07, 6.45) is 4.45. The van der Waals surface area contributed by atoms with E-state index in [4.69, 9.17) is 15.3 Å². The largest absolute Gasteiger partial charge is 0.493 e. The fourth-order valence-electron chi connectivity index (χ4n) is 2.61. The lowest BCUT2D eigenvalue weighted by Gasteiger charge is -2.18. The lowest BCUT2D eigenvalue weighted by Crippen LogP contribution is -2.29. The predicted molar refractivity (Wildman–Crippen MR) is 80.2 cm³/mol. The SMILES string of the molecule is CCOc1cncc(C(NN)c2ccc3c(c2)CCO3)c1. The molecule has 3 N–H and O–H groups in total. The second-order valence-corrected chi connectivity index (χ2v) is 4.95. The Labute approximate surface area is 124 Å². The standard InChI is InChI=1S/C16H19N3O2/c1-2-20-14-8-13(9-18-10-14)16(19-17)12-3-4-15-11(7-12)5-6-21-15/h3-4,7-10,16,19H,2,5-6,17H2,1H3. The van der Waals surface area contributed by atoms with Gasteiger partial charge in [-0.1, -0.05) is 12.1 Å². The zero-order chi connectivity index (χ0) is 14.7. The third-order valence-corrected chi connectivity index (χ3v) is 3.59. The molecule has 2 aromatic rings. The molecule has 2 heterocycles. The van der Waals surface area contributed by atoms with Crippen LogP contribution < -0.4 is 20.7 Å². The molecule has 0 saturated carbocycles. The highest BCUT2D eigenvalue weighted by Crippen LogP contribution is 2.30. The van der Waals surface area contributed by atoms with Crippen molar-refractivity contribution in [1.29, 1.82) is 0 Å². The predicted octanol–water partition coefficient (Wildman–Crippen LogP) is 1.97. The van der Waals surface area contributed by atoms with Gasteiger partial charge in [-0.2, -0.15) is 0 Å². The molecule has 0 aliphatic carbocycles. The average Bonchev–Trinajstić information content (AvgIpc) is 2.96. The van der Waals surface area contributed by atoms with Gasteiger partial charge >= 0.3 is 0 Å². The van der Waals surface area contributed by atoms with Gasteiger partial charge in [-0.15, -0.1) is 0 Å². The van der Waals surface area contributed by atoms with Gasteiger partial charge in [-0.25, -0.2) is 5.43 Å². The van der Waals surface area contributed by atoms with Crippen LogP contribution in [0.2, 0.25) is 0 Å². The third kappa shape index (κ3) is 2.84. The van der Waals surface area contributed by atoms with Crippen molar-refractivity contribution in [3.8, 4) is 11.5 Å². The molecule has 5 heteroatoms. The molecule has 0 radical (unpaired) electrons. The first kappa shape index (κ1) is 13.9. The van der Waals surface area contributed by atoms with Gasteiger partial charge in [0.25, 0.3) is 0 Å². The van der Waals surface area contributed by atoms with Gasteiger partial charge in [0.15, 0.2) is 0 Å². The zero-order valence-electron chi connectivity index (χ0n) is 12.0. The Bertz CT molecular complexity index is 631. The molecule has 21 heavy (non-hydrogen) atoms. The van der Waals surface area contributed by atoms with Crippen molar-refractivity contribution in [2.24, 2.45) is 5.84 Å². The first-order valence-corrected chi connectivity index (χ1v) is 7.11. The summed E-state index contributed by atoms with van der Waals surface area (Å²) in [6.45, 7) is 3.31. The molecule has 0 bridgehead atoms. The van der Waals surface area contributed by atoms with Gasteiger partial charge in [0.05, 0.1) is 25.5 Å². The maximum Gasteiger partial charge on any atom is 0.137 e. The first-order chi connectivity index (χ1) is 10.3. The van der Waals surface area contributed by atoms with Crippen LogP contribution in [0.1, 0.15) is 29.7 Å². The number of hydrazine groups is 1. The number of pyridine rings is 1. The van der Waals surface area contributed by atoms with Crippen LogP contribution in [0.3, 0.4) is 0 Å². The number of ether oxygens (including phenoxy) is 2. The van der Waals surface area contributed by atoms with Gasteiger partial charge in [-0.3, -0.25) is 10.8 Å². The fourth-order valence-corrected chi connectivity index (χ4v) is 2.61. The summed E-state index contributed by atoms with van der Waals surface area (Å²) in [5.41, 5.74) is 6.15. The number of benzene rings is 1. The molecule has 0 fully saturated rings. The third-order valence-electron chi connectivity index (χ3n) is 3.59. The highest BCUT2D eigenvalue weighted by Gasteiger charge is 2.18. The van der Waals surface area contributed by atoms with Crippen LogP contribution in [0, 0.1) is 0 Å². The van der Waals surface area contributed by atoms with Crippen molar-refractivity contribution in [2.75, 3.05) is 13.2 Å². The minimum atomic E-state index is -0.121. The first-order valence-electron chi connectivity index (χ1n) is 7.11. The zero-order valence-corrected chi connectivity index (χ0v) is 12.0. The van der Waals surface area contributed by atoms with E-state index in [0.29, 0.717) is 6.61 Å². The number of nitrogens with zero attached hydrogens (tertiary/aromatic N) is 1. The van der Waals surface area contributed by atoms with Crippen LogP contribution in [0.5, 0.6) is 11.5 Å². The van der Waals surface area contributed by atoms with E-state index < -0.39 is 0 Å². The fraction of sp³-hybridized carbons (Fsp3) is 0.312. The van der Waals surface area contributed by atoms with Crippen LogP contribution in [0.4, 0.5) is 0 Å². The molecule has 0 saturated heterocycles. The maximum atomic E-state index is 5.76. The van der Waals surface area contributed by atoms with E-state index in [-0.39, 0.29) is 6.04 Å². The quantitative estimate of drug-likeness (QED) is 0.649. The molecule has 0 spiro atoms. The second kappa shape index (κ2) is 6.11. The molecule has 1 aliphatic heterocycles. The number of fused-ring (bicyclic) bond motifs is 1. The van der Waals surface area contributed by atoms with E-state index >= 15 is 0 Å². The van der Waals surface area contributed by atoms with Crippen LogP contribution in [0.15, 0.2) is 36.7 Å². The van der Waals surface area contributed by atoms with Crippen molar-refractivity contribution >= 4 is 0 Å². The average molecular weight is 285 g/mol. The Hall–Kier alpha value is -2.11. The van der Waals surface area contributed by atoms with E-state index in [1.807, 2.05) is 25.1 Å². The van der Waals surface area contributed by atoms with Crippen LogP contribution in [0.25, 0.3) is 0 Å². The highest BCUT2D eigenvalue weighted by atomic mass is 16.5. The molecule has 1 aromatic carbocycles. The Morgan fingerprint density at radius 2 is 2.24 bits per heavy atom. The summed E-state index contributed by atoms with van der Waals surface area (Å²) in [5.74, 6) is 7.47. The van der Waals surface area contributed by atoms with Gasteiger partial charge in [0, 0.05) is 12.6 Å². The number of nitrogens with one attached hydrogen (secondary N) is 1. The lowest BCUT2D eigenvalue weighted by molar-refractivity contribution is 0.338. The summed E-state index contributed by atoms with van der Waals surface area (Å²) >= 11 is 0. The van der Waals surface area contributed by atoms with Crippen LogP contribution in [-0.2, 0) is 6.42 Å². The maximum absolute atomic E-state index is 5.76. The minimum Gasteiger partial charge on any atom is -0.493 e. The van der Waals surface area contributed by atoms with E-state index in [1.54, 1.807) is 12.4 Å². The van der Waals surface area contributed by atoms with E-state index in [1.165, 1.54) is 5.56 Å². The molecule has 110 valence electrons. The van der Waals surface area contributed by atoms with Crippen molar-refractivity contribution in [1.82, 2.24) is 10.4 Å². The number of aromatic nitrogens is 1. The van der Waals surface area contributed by atoms with Crippen molar-refractivity contribution < 1.29 is 9.47 Å². The number of nitrogens with two attached hydrogens (primary N) is 1. The van der Waals surface area contributed by atoms with E-state index in [0.717, 1.165) is 35.7 Å². The summed E-state index contributed by atoms with van der Waals surface area (Å²) < 4.78 is 11.0. The molecule has 1 atom stereocenters. The molecule has 5 nitrogen and oxygen atoms in total. The number of rotatable bonds is 5. The summed E-state index contributed by atoms with van der Waals surface area (Å²) in [5, 5.41) is 0. The van der Waals surface area contributed by atoms with E-state index in [9.17, 15) is 0 Å². The Morgan fingerprint density at radius 1 is 1.33 bits per heavy atom. The smallest absolute Gasteiger partial charge is 0.137 e. The normalized spacial score (nSPS) is 14.4. The van der Waals surface area contributed by atoms with Gasteiger partial charge < -0.3 is 9.47 Å². The highest BCUT2D eigenvalue weighted by molar-refractivity contribution is 5.43. The van der Waals surface area contributed by atoms with Gasteiger partial charge in [0.1, 0.15) is 11.5 Å². The van der Waals surface area contributed by atoms with E-state index in [2.05, 4.69) is 16.5 Å². The molecular weight excluding hydrogens is 266 g/mol. The van der Waals surface area contributed by atoms with Crippen molar-refractivity contribution in [3.63, 3.8) is 0 Å². The Morgan fingerprint density at radius 3 is 3.05 bits per heavy atom. The van der Waals surface area contributed by atoms with Crippen molar-refractivity contribution in [2.45, 2.75) is 19.4 Å². The number of hydrogen-bond acceptors (Lipinski definition) is 5. The van der Waals surface area contributed by atoms with Gasteiger partial charge in [0.2, 0.25) is 0 Å². The molecule has 1 aromatic heterocycles. The molecule has 1 unspecified atom stereocenters. The topological polar surface area (TPSA) is 69.4 Å². The van der Waals surface area contributed by atoms with Crippen LogP contribution >= 0.6 is 0 Å². The van der Waals surface area contributed by atoms with Gasteiger partial charge in [-0.05, 0) is 35.7 Å². The molecule has 0 amide bonds. The second-order valence-electron chi connectivity index (χ2n) is 4.95. The minimum absolute atomic E-state index is 0.121. The summed E-state index contributed by atoms with van der Waals surface area (Å²) in [6, 6.07) is 8.01. The molecule has 3 rings (SSSR count).